The number of carbonyl (C=O) groups excluding carboxylic acids is 1. The summed E-state index contributed by atoms with van der Waals surface area (Å²) in [6.07, 6.45) is 2.23. The van der Waals surface area contributed by atoms with Crippen molar-refractivity contribution < 1.29 is 14.7 Å². The van der Waals surface area contributed by atoms with Crippen LogP contribution in [0.5, 0.6) is 0 Å². The van der Waals surface area contributed by atoms with E-state index in [4.69, 9.17) is 5.11 Å². The minimum Gasteiger partial charge on any atom is -0.480 e. The number of amides is 1. The first-order chi connectivity index (χ1) is 9.35. The molecule has 2 N–H and O–H groups in total. The first kappa shape index (κ1) is 16.6. The van der Waals surface area contributed by atoms with Crippen LogP contribution in [0, 0.1) is 12.8 Å². The fourth-order valence-electron chi connectivity index (χ4n) is 1.90. The van der Waals surface area contributed by atoms with Crippen molar-refractivity contribution in [1.82, 2.24) is 10.3 Å². The van der Waals surface area contributed by atoms with E-state index in [1.54, 1.807) is 6.92 Å². The summed E-state index contributed by atoms with van der Waals surface area (Å²) in [4.78, 5) is 28.2. The van der Waals surface area contributed by atoms with Gasteiger partial charge in [-0.15, -0.1) is 11.3 Å². The van der Waals surface area contributed by atoms with Gasteiger partial charge < -0.3 is 10.4 Å². The molecule has 0 aliphatic heterocycles. The van der Waals surface area contributed by atoms with E-state index >= 15 is 0 Å². The molecule has 112 valence electrons. The maximum atomic E-state index is 12.2. The Balaban J connectivity index is 2.80. The van der Waals surface area contributed by atoms with Crippen molar-refractivity contribution >= 4 is 23.2 Å². The van der Waals surface area contributed by atoms with E-state index in [-0.39, 0.29) is 11.8 Å². The van der Waals surface area contributed by atoms with Crippen LogP contribution in [0.25, 0.3) is 0 Å². The molecule has 0 aliphatic rings. The van der Waals surface area contributed by atoms with Crippen molar-refractivity contribution in [3.8, 4) is 0 Å². The highest BCUT2D eigenvalue weighted by atomic mass is 32.1. The lowest BCUT2D eigenvalue weighted by molar-refractivity contribution is -0.139. The van der Waals surface area contributed by atoms with Crippen molar-refractivity contribution in [2.24, 2.45) is 5.92 Å². The molecule has 0 aliphatic carbocycles. The quantitative estimate of drug-likeness (QED) is 0.811. The Morgan fingerprint density at radius 3 is 2.55 bits per heavy atom. The lowest BCUT2D eigenvalue weighted by Crippen LogP contribution is -2.41. The summed E-state index contributed by atoms with van der Waals surface area (Å²) in [5.41, 5.74) is 0.671. The molecule has 6 heteroatoms. The average Bonchev–Trinajstić information content (AvgIpc) is 2.69. The van der Waals surface area contributed by atoms with Gasteiger partial charge in [-0.2, -0.15) is 0 Å². The third kappa shape index (κ3) is 4.59. The molecule has 0 fully saturated rings. The molecular weight excluding hydrogens is 276 g/mol. The first-order valence-electron chi connectivity index (χ1n) is 6.85. The Labute approximate surface area is 123 Å². The summed E-state index contributed by atoms with van der Waals surface area (Å²) in [6.45, 7) is 7.70. The Morgan fingerprint density at radius 2 is 2.05 bits per heavy atom. The van der Waals surface area contributed by atoms with E-state index in [1.807, 2.05) is 13.8 Å². The van der Waals surface area contributed by atoms with E-state index in [0.717, 1.165) is 17.8 Å². The van der Waals surface area contributed by atoms with Gasteiger partial charge >= 0.3 is 5.97 Å². The number of aryl methyl sites for hydroxylation is 2. The highest BCUT2D eigenvalue weighted by molar-refractivity contribution is 7.13. The predicted molar refractivity (Wildman–Crippen MR) is 79.2 cm³/mol. The minimum atomic E-state index is -0.997. The fraction of sp³-hybridized carbons (Fsp3) is 0.643. The van der Waals surface area contributed by atoms with Crippen LogP contribution < -0.4 is 5.32 Å². The molecule has 0 aromatic carbocycles. The molecule has 1 amide bonds. The summed E-state index contributed by atoms with van der Waals surface area (Å²) in [7, 11) is 0. The molecule has 0 radical (unpaired) electrons. The van der Waals surface area contributed by atoms with Crippen LogP contribution in [-0.2, 0) is 11.2 Å². The number of hydrogen-bond donors (Lipinski definition) is 2. The summed E-state index contributed by atoms with van der Waals surface area (Å²) in [5.74, 6) is -1.13. The van der Waals surface area contributed by atoms with Gasteiger partial charge in [-0.05, 0) is 32.1 Å². The molecule has 1 atom stereocenters. The number of carbonyl (C=O) groups is 2. The molecule has 0 saturated heterocycles. The van der Waals surface area contributed by atoms with Gasteiger partial charge in [0, 0.05) is 0 Å². The van der Waals surface area contributed by atoms with Gasteiger partial charge in [0.15, 0.2) is 0 Å². The van der Waals surface area contributed by atoms with Crippen LogP contribution in [0.1, 0.15) is 54.0 Å². The zero-order valence-corrected chi connectivity index (χ0v) is 13.2. The van der Waals surface area contributed by atoms with Gasteiger partial charge in [-0.25, -0.2) is 9.78 Å². The summed E-state index contributed by atoms with van der Waals surface area (Å²) < 4.78 is 0. The van der Waals surface area contributed by atoms with Crippen molar-refractivity contribution in [3.05, 3.63) is 15.6 Å². The van der Waals surface area contributed by atoms with Gasteiger partial charge in [0.1, 0.15) is 10.9 Å². The highest BCUT2D eigenvalue weighted by Crippen LogP contribution is 2.19. The Kier molecular flexibility index (Phi) is 6.13. The second-order valence-electron chi connectivity index (χ2n) is 5.27. The van der Waals surface area contributed by atoms with Crippen LogP contribution in [0.3, 0.4) is 0 Å². The molecular formula is C14H22N2O3S. The normalized spacial score (nSPS) is 12.4. The third-order valence-electron chi connectivity index (χ3n) is 2.82. The highest BCUT2D eigenvalue weighted by Gasteiger charge is 2.24. The molecule has 0 spiro atoms. The average molecular weight is 298 g/mol. The van der Waals surface area contributed by atoms with Crippen molar-refractivity contribution in [2.45, 2.75) is 53.0 Å². The van der Waals surface area contributed by atoms with Crippen LogP contribution in [-0.4, -0.2) is 28.0 Å². The van der Waals surface area contributed by atoms with E-state index in [1.165, 1.54) is 11.3 Å². The number of carboxylic acids is 1. The van der Waals surface area contributed by atoms with E-state index in [9.17, 15) is 9.59 Å². The molecule has 1 rings (SSSR count). The molecule has 0 bridgehead atoms. The standard InChI is InChI=1S/C14H22N2O3S/c1-5-6-11-15-9(4)12(20-11)13(17)16-10(14(18)19)7-8(2)3/h8,10H,5-7H2,1-4H3,(H,16,17)(H,18,19). The van der Waals surface area contributed by atoms with E-state index in [0.29, 0.717) is 17.0 Å². The SMILES string of the molecule is CCCc1nc(C)c(C(=O)NC(CC(C)C)C(=O)O)s1. The molecule has 1 unspecified atom stereocenters. The molecule has 5 nitrogen and oxygen atoms in total. The van der Waals surface area contributed by atoms with Crippen LogP contribution in [0.2, 0.25) is 0 Å². The monoisotopic (exact) mass is 298 g/mol. The number of aliphatic carboxylic acids is 1. The number of nitrogens with zero attached hydrogens (tertiary/aromatic N) is 1. The summed E-state index contributed by atoms with van der Waals surface area (Å²) in [6, 6.07) is -0.848. The maximum Gasteiger partial charge on any atom is 0.326 e. The number of carboxylic acid groups (broad SMARTS) is 1. The topological polar surface area (TPSA) is 79.3 Å². The number of thiazole rings is 1. The number of nitrogens with one attached hydrogen (secondary N) is 1. The smallest absolute Gasteiger partial charge is 0.326 e. The Morgan fingerprint density at radius 1 is 1.40 bits per heavy atom. The van der Waals surface area contributed by atoms with Crippen molar-refractivity contribution in [3.63, 3.8) is 0 Å². The lowest BCUT2D eigenvalue weighted by Gasteiger charge is -2.15. The number of aromatic nitrogens is 1. The van der Waals surface area contributed by atoms with Gasteiger partial charge in [0.25, 0.3) is 5.91 Å². The Hall–Kier alpha value is -1.43. The molecule has 20 heavy (non-hydrogen) atoms. The Bertz CT molecular complexity index is 483. The van der Waals surface area contributed by atoms with Gasteiger partial charge in [-0.1, -0.05) is 20.8 Å². The number of hydrogen-bond acceptors (Lipinski definition) is 4. The molecule has 1 aromatic rings. The van der Waals surface area contributed by atoms with Gasteiger partial charge in [0.05, 0.1) is 10.7 Å². The molecule has 0 saturated carbocycles. The molecule has 1 aromatic heterocycles. The fourth-order valence-corrected chi connectivity index (χ4v) is 2.97. The van der Waals surface area contributed by atoms with Crippen LogP contribution in [0.15, 0.2) is 0 Å². The van der Waals surface area contributed by atoms with Gasteiger partial charge in [0.2, 0.25) is 0 Å². The summed E-state index contributed by atoms with van der Waals surface area (Å²) >= 11 is 1.35. The lowest BCUT2D eigenvalue weighted by atomic mass is 10.0. The number of rotatable bonds is 7. The predicted octanol–water partition coefficient (Wildman–Crippen LogP) is 2.63. The maximum absolute atomic E-state index is 12.2. The first-order valence-corrected chi connectivity index (χ1v) is 7.66. The second-order valence-corrected chi connectivity index (χ2v) is 6.35. The third-order valence-corrected chi connectivity index (χ3v) is 4.04. The zero-order valence-electron chi connectivity index (χ0n) is 12.4. The second kappa shape index (κ2) is 7.38. The van der Waals surface area contributed by atoms with Crippen LogP contribution >= 0.6 is 11.3 Å². The van der Waals surface area contributed by atoms with Crippen molar-refractivity contribution in [1.29, 1.82) is 0 Å². The van der Waals surface area contributed by atoms with E-state index < -0.39 is 12.0 Å². The van der Waals surface area contributed by atoms with Crippen LogP contribution in [0.4, 0.5) is 0 Å². The van der Waals surface area contributed by atoms with Crippen molar-refractivity contribution in [2.75, 3.05) is 0 Å². The molecule has 1 heterocycles. The van der Waals surface area contributed by atoms with Gasteiger partial charge in [-0.3, -0.25) is 4.79 Å². The minimum absolute atomic E-state index is 0.203. The zero-order chi connectivity index (χ0) is 15.3. The largest absolute Gasteiger partial charge is 0.480 e. The van der Waals surface area contributed by atoms with E-state index in [2.05, 4.69) is 17.2 Å². The summed E-state index contributed by atoms with van der Waals surface area (Å²) in [5, 5.41) is 12.7.